The molecule has 0 radical (unpaired) electrons. The quantitative estimate of drug-likeness (QED) is 0.166. The predicted molar refractivity (Wildman–Crippen MR) is 227 cm³/mol. The van der Waals surface area contributed by atoms with Gasteiger partial charge in [-0.15, -0.1) is 0 Å². The van der Waals surface area contributed by atoms with E-state index in [0.29, 0.717) is 17.5 Å². The molecule has 0 aliphatic carbocycles. The van der Waals surface area contributed by atoms with Crippen LogP contribution in [0, 0.1) is 0 Å². The number of benzene rings is 8. The minimum atomic E-state index is 0.617. The second-order valence-corrected chi connectivity index (χ2v) is 13.7. The second kappa shape index (κ2) is 13.8. The Morgan fingerprint density at radius 2 is 0.618 bits per heavy atom. The average molecular weight is 703 g/mol. The van der Waals surface area contributed by atoms with Crippen molar-refractivity contribution in [1.29, 1.82) is 0 Å². The van der Waals surface area contributed by atoms with Gasteiger partial charge < -0.3 is 4.57 Å². The Hall–Kier alpha value is -7.43. The smallest absolute Gasteiger partial charge is 0.164 e. The Bertz CT molecular complexity index is 2880. The van der Waals surface area contributed by atoms with Gasteiger partial charge in [0.1, 0.15) is 0 Å². The van der Waals surface area contributed by atoms with Gasteiger partial charge in [0.2, 0.25) is 0 Å². The maximum absolute atomic E-state index is 5.17. The van der Waals surface area contributed by atoms with Crippen LogP contribution in [0.4, 0.5) is 0 Å². The van der Waals surface area contributed by atoms with E-state index in [1.165, 1.54) is 21.9 Å². The summed E-state index contributed by atoms with van der Waals surface area (Å²) in [6, 6.07) is 72.2. The molecule has 4 nitrogen and oxygen atoms in total. The summed E-state index contributed by atoms with van der Waals surface area (Å²) in [6.07, 6.45) is 0. The van der Waals surface area contributed by atoms with Crippen molar-refractivity contribution in [3.8, 4) is 73.2 Å². The molecule has 10 aromatic rings. The molecule has 0 aliphatic heterocycles. The molecule has 8 aromatic carbocycles. The molecule has 2 aromatic heterocycles. The molecule has 0 saturated heterocycles. The number of para-hydroxylation sites is 2. The van der Waals surface area contributed by atoms with Gasteiger partial charge in [-0.05, 0) is 46.0 Å². The van der Waals surface area contributed by atoms with E-state index in [2.05, 4.69) is 174 Å². The highest BCUT2D eigenvalue weighted by atomic mass is 15.0. The van der Waals surface area contributed by atoms with Crippen LogP contribution in [0.3, 0.4) is 0 Å². The summed E-state index contributed by atoms with van der Waals surface area (Å²) in [5, 5.41) is 2.43. The topological polar surface area (TPSA) is 43.6 Å². The highest BCUT2D eigenvalue weighted by Gasteiger charge is 2.19. The van der Waals surface area contributed by atoms with Crippen molar-refractivity contribution in [3.63, 3.8) is 0 Å². The summed E-state index contributed by atoms with van der Waals surface area (Å²) in [5.74, 6) is 1.87. The van der Waals surface area contributed by atoms with Crippen molar-refractivity contribution in [2.75, 3.05) is 0 Å². The van der Waals surface area contributed by atoms with Crippen molar-refractivity contribution >= 4 is 21.8 Å². The fourth-order valence-corrected chi connectivity index (χ4v) is 7.55. The first kappa shape index (κ1) is 32.2. The van der Waals surface area contributed by atoms with E-state index in [9.17, 15) is 0 Å². The molecule has 0 spiro atoms. The second-order valence-electron chi connectivity index (χ2n) is 13.7. The Kier molecular flexibility index (Phi) is 8.12. The van der Waals surface area contributed by atoms with E-state index in [4.69, 9.17) is 15.0 Å². The summed E-state index contributed by atoms with van der Waals surface area (Å²) < 4.78 is 2.38. The van der Waals surface area contributed by atoms with Crippen LogP contribution in [-0.2, 0) is 0 Å². The molecule has 0 N–H and O–H groups in total. The van der Waals surface area contributed by atoms with Crippen molar-refractivity contribution in [2.24, 2.45) is 0 Å². The minimum Gasteiger partial charge on any atom is -0.309 e. The number of aromatic nitrogens is 4. The molecule has 10 rings (SSSR count). The zero-order valence-electron chi connectivity index (χ0n) is 29.9. The predicted octanol–water partition coefficient (Wildman–Crippen LogP) is 13.0. The van der Waals surface area contributed by atoms with E-state index < -0.39 is 0 Å². The first-order valence-electron chi connectivity index (χ1n) is 18.5. The summed E-state index contributed by atoms with van der Waals surface area (Å²) in [7, 11) is 0. The Labute approximate surface area is 319 Å². The van der Waals surface area contributed by atoms with Gasteiger partial charge in [-0.3, -0.25) is 0 Å². The van der Waals surface area contributed by atoms with Gasteiger partial charge in [-0.1, -0.05) is 188 Å². The fourth-order valence-electron chi connectivity index (χ4n) is 7.55. The highest BCUT2D eigenvalue weighted by molar-refractivity contribution is 6.09. The molecule has 0 aliphatic rings. The van der Waals surface area contributed by atoms with Crippen LogP contribution in [0.2, 0.25) is 0 Å². The molecule has 0 atom stereocenters. The lowest BCUT2D eigenvalue weighted by Crippen LogP contribution is -2.02. The van der Waals surface area contributed by atoms with Crippen LogP contribution in [0.15, 0.2) is 206 Å². The molecule has 4 heteroatoms. The molecule has 55 heavy (non-hydrogen) atoms. The number of rotatable bonds is 7. The van der Waals surface area contributed by atoms with Crippen molar-refractivity contribution in [2.45, 2.75) is 0 Å². The maximum atomic E-state index is 5.17. The highest BCUT2D eigenvalue weighted by Crippen LogP contribution is 2.38. The van der Waals surface area contributed by atoms with E-state index in [1.807, 2.05) is 36.4 Å². The Balaban J connectivity index is 1.11. The van der Waals surface area contributed by atoms with Gasteiger partial charge in [0.15, 0.2) is 17.5 Å². The molecule has 258 valence electrons. The average Bonchev–Trinajstić information content (AvgIpc) is 3.61. The first-order chi connectivity index (χ1) is 27.3. The normalized spacial score (nSPS) is 11.3. The third kappa shape index (κ3) is 6.06. The van der Waals surface area contributed by atoms with Crippen LogP contribution in [-0.4, -0.2) is 19.5 Å². The number of nitrogens with zero attached hydrogens (tertiary/aromatic N) is 4. The van der Waals surface area contributed by atoms with E-state index in [0.717, 1.165) is 55.7 Å². The summed E-state index contributed by atoms with van der Waals surface area (Å²) in [6.45, 7) is 0. The van der Waals surface area contributed by atoms with Crippen molar-refractivity contribution in [1.82, 2.24) is 19.5 Å². The molecule has 2 heterocycles. The first-order valence-corrected chi connectivity index (χ1v) is 18.5. The van der Waals surface area contributed by atoms with Gasteiger partial charge in [-0.2, -0.15) is 0 Å². The summed E-state index contributed by atoms with van der Waals surface area (Å²) >= 11 is 0. The molecule has 0 amide bonds. The summed E-state index contributed by atoms with van der Waals surface area (Å²) in [5.41, 5.74) is 13.1. The molecule has 0 unspecified atom stereocenters. The third-order valence-electron chi connectivity index (χ3n) is 10.3. The third-order valence-corrected chi connectivity index (χ3v) is 10.3. The van der Waals surface area contributed by atoms with Crippen LogP contribution in [0.25, 0.3) is 95.0 Å². The number of hydrogen-bond donors (Lipinski definition) is 0. The number of fused-ring (bicyclic) bond motifs is 3. The zero-order valence-corrected chi connectivity index (χ0v) is 29.9. The number of hydrogen-bond acceptors (Lipinski definition) is 3. The lowest BCUT2D eigenvalue weighted by Gasteiger charge is -2.16. The molecular weight excluding hydrogens is 669 g/mol. The fraction of sp³-hybridized carbons (Fsp3) is 0. The van der Waals surface area contributed by atoms with Gasteiger partial charge in [0, 0.05) is 33.0 Å². The maximum Gasteiger partial charge on any atom is 0.164 e. The van der Waals surface area contributed by atoms with Crippen LogP contribution < -0.4 is 0 Å². The molecular formula is C51H34N4. The van der Waals surface area contributed by atoms with Crippen LogP contribution in [0.1, 0.15) is 0 Å². The van der Waals surface area contributed by atoms with Gasteiger partial charge in [-0.25, -0.2) is 15.0 Å². The molecule has 0 fully saturated rings. The monoisotopic (exact) mass is 702 g/mol. The largest absolute Gasteiger partial charge is 0.309 e. The SMILES string of the molecule is c1ccc(-c2ccc(-c3ccc(-c4nc(-c5ccccc5)nc(-c5ccc(-c6ccccc6)c(-n6c7ccccc7c7ccccc76)c5)n4)cc3)cc2)cc1. The van der Waals surface area contributed by atoms with E-state index in [1.54, 1.807) is 0 Å². The molecule has 0 saturated carbocycles. The lowest BCUT2D eigenvalue weighted by molar-refractivity contribution is 1.07. The Morgan fingerprint density at radius 3 is 1.13 bits per heavy atom. The van der Waals surface area contributed by atoms with Gasteiger partial charge in [0.05, 0.1) is 16.7 Å². The summed E-state index contributed by atoms with van der Waals surface area (Å²) in [4.78, 5) is 15.3. The van der Waals surface area contributed by atoms with Crippen LogP contribution in [0.5, 0.6) is 0 Å². The zero-order chi connectivity index (χ0) is 36.6. The van der Waals surface area contributed by atoms with Crippen molar-refractivity contribution in [3.05, 3.63) is 206 Å². The minimum absolute atomic E-state index is 0.617. The van der Waals surface area contributed by atoms with Gasteiger partial charge >= 0.3 is 0 Å². The van der Waals surface area contributed by atoms with E-state index >= 15 is 0 Å². The van der Waals surface area contributed by atoms with Crippen LogP contribution >= 0.6 is 0 Å². The Morgan fingerprint density at radius 1 is 0.273 bits per heavy atom. The van der Waals surface area contributed by atoms with Crippen molar-refractivity contribution < 1.29 is 0 Å². The van der Waals surface area contributed by atoms with E-state index in [-0.39, 0.29) is 0 Å². The van der Waals surface area contributed by atoms with Gasteiger partial charge in [0.25, 0.3) is 0 Å². The standard InChI is InChI=1S/C51H34N4/c1-4-14-35(15-5-1)36-24-26-37(27-25-36)38-28-30-41(31-29-38)50-52-49(40-18-8-3-9-19-40)53-51(54-50)42-32-33-43(39-16-6-2-7-17-39)48(34-42)55-46-22-12-10-20-44(46)45-21-11-13-23-47(45)55/h1-34H. The lowest BCUT2D eigenvalue weighted by atomic mass is 9.99. The molecule has 0 bridgehead atoms.